The highest BCUT2D eigenvalue weighted by atomic mass is 35.5. The van der Waals surface area contributed by atoms with Crippen LogP contribution in [0.2, 0.25) is 5.02 Å². The van der Waals surface area contributed by atoms with Crippen molar-refractivity contribution in [1.82, 2.24) is 10.4 Å². The van der Waals surface area contributed by atoms with Gasteiger partial charge in [0.15, 0.2) is 0 Å². The van der Waals surface area contributed by atoms with E-state index in [0.29, 0.717) is 0 Å². The minimum absolute atomic E-state index is 0.00769. The smallest absolute Gasteiger partial charge is 0.0516 e. The van der Waals surface area contributed by atoms with Gasteiger partial charge in [0.05, 0.1) is 6.04 Å². The normalized spacial score (nSPS) is 12.4. The molecule has 0 radical (unpaired) electrons. The maximum atomic E-state index is 6.26. The molecule has 1 aromatic heterocycles. The number of rotatable bonds is 4. The van der Waals surface area contributed by atoms with Crippen molar-refractivity contribution in [2.75, 3.05) is 0 Å². The van der Waals surface area contributed by atoms with Crippen LogP contribution in [0.25, 0.3) is 0 Å². The predicted molar refractivity (Wildman–Crippen MR) is 78.9 cm³/mol. The molecule has 0 aliphatic carbocycles. The van der Waals surface area contributed by atoms with Crippen LogP contribution in [-0.4, -0.2) is 4.98 Å². The molecule has 0 spiro atoms. The van der Waals surface area contributed by atoms with E-state index in [-0.39, 0.29) is 6.04 Å². The van der Waals surface area contributed by atoms with E-state index >= 15 is 0 Å². The highest BCUT2D eigenvalue weighted by molar-refractivity contribution is 6.31. The van der Waals surface area contributed by atoms with Crippen LogP contribution in [0.4, 0.5) is 0 Å². The van der Waals surface area contributed by atoms with Crippen LogP contribution in [-0.2, 0) is 6.42 Å². The zero-order valence-corrected chi connectivity index (χ0v) is 11.9. The summed E-state index contributed by atoms with van der Waals surface area (Å²) in [6.45, 7) is 3.99. The van der Waals surface area contributed by atoms with Crippen molar-refractivity contribution in [3.05, 3.63) is 63.9 Å². The number of hydrogen-bond acceptors (Lipinski definition) is 3. The topological polar surface area (TPSA) is 50.9 Å². The minimum atomic E-state index is 0.00769. The largest absolute Gasteiger partial charge is 0.271 e. The molecule has 0 fully saturated rings. The zero-order valence-electron chi connectivity index (χ0n) is 11.2. The lowest BCUT2D eigenvalue weighted by Gasteiger charge is -2.17. The standard InChI is InChI=1S/C15H18ClN3/c1-10-3-5-12(14(16)7-10)8-15(19-17)13-6-4-11(2)18-9-13/h3-7,9,15,19H,8,17H2,1-2H3. The number of nitrogens with one attached hydrogen (secondary N) is 1. The van der Waals surface area contributed by atoms with Crippen molar-refractivity contribution in [2.24, 2.45) is 5.84 Å². The van der Waals surface area contributed by atoms with Crippen LogP contribution >= 0.6 is 11.6 Å². The van der Waals surface area contributed by atoms with Gasteiger partial charge in [-0.3, -0.25) is 16.3 Å². The third kappa shape index (κ3) is 3.53. The van der Waals surface area contributed by atoms with Crippen LogP contribution in [0.15, 0.2) is 36.5 Å². The molecule has 0 aliphatic rings. The van der Waals surface area contributed by atoms with Crippen molar-refractivity contribution in [2.45, 2.75) is 26.3 Å². The molecular weight excluding hydrogens is 258 g/mol. The first kappa shape index (κ1) is 14.0. The minimum Gasteiger partial charge on any atom is -0.271 e. The molecule has 2 aromatic rings. The summed E-state index contributed by atoms with van der Waals surface area (Å²) < 4.78 is 0. The number of aryl methyl sites for hydroxylation is 2. The van der Waals surface area contributed by atoms with Gasteiger partial charge in [-0.2, -0.15) is 0 Å². The van der Waals surface area contributed by atoms with Crippen molar-refractivity contribution < 1.29 is 0 Å². The van der Waals surface area contributed by atoms with Crippen molar-refractivity contribution in [3.63, 3.8) is 0 Å². The third-order valence-electron chi connectivity index (χ3n) is 3.17. The number of hydrogen-bond donors (Lipinski definition) is 2. The van der Waals surface area contributed by atoms with Gasteiger partial charge in [0.1, 0.15) is 0 Å². The fourth-order valence-corrected chi connectivity index (χ4v) is 2.31. The maximum absolute atomic E-state index is 6.26. The van der Waals surface area contributed by atoms with Crippen LogP contribution in [0, 0.1) is 13.8 Å². The number of aromatic nitrogens is 1. The molecule has 3 nitrogen and oxygen atoms in total. The van der Waals surface area contributed by atoms with Gasteiger partial charge in [0.2, 0.25) is 0 Å². The second-order valence-corrected chi connectivity index (χ2v) is 5.16. The van der Waals surface area contributed by atoms with Gasteiger partial charge in [-0.15, -0.1) is 0 Å². The molecule has 100 valence electrons. The molecule has 1 unspecified atom stereocenters. The van der Waals surface area contributed by atoms with Gasteiger partial charge < -0.3 is 0 Å². The first-order chi connectivity index (χ1) is 9.10. The molecule has 3 N–H and O–H groups in total. The SMILES string of the molecule is Cc1ccc(CC(NN)c2ccc(C)nc2)c(Cl)c1. The van der Waals surface area contributed by atoms with E-state index in [1.54, 1.807) is 0 Å². The van der Waals surface area contributed by atoms with Crippen LogP contribution in [0.3, 0.4) is 0 Å². The Morgan fingerprint density at radius 2 is 2.05 bits per heavy atom. The molecule has 0 aliphatic heterocycles. The lowest BCUT2D eigenvalue weighted by atomic mass is 10.00. The van der Waals surface area contributed by atoms with Gasteiger partial charge in [0.25, 0.3) is 0 Å². The van der Waals surface area contributed by atoms with Crippen molar-refractivity contribution in [3.8, 4) is 0 Å². The molecule has 1 heterocycles. The van der Waals surface area contributed by atoms with Gasteiger partial charge in [-0.25, -0.2) is 0 Å². The molecule has 2 rings (SSSR count). The summed E-state index contributed by atoms with van der Waals surface area (Å²) in [5.41, 5.74) is 7.12. The summed E-state index contributed by atoms with van der Waals surface area (Å²) in [6.07, 6.45) is 2.59. The number of pyridine rings is 1. The van der Waals surface area contributed by atoms with E-state index in [9.17, 15) is 0 Å². The van der Waals surface area contributed by atoms with E-state index in [1.165, 1.54) is 0 Å². The van der Waals surface area contributed by atoms with Gasteiger partial charge >= 0.3 is 0 Å². The Labute approximate surface area is 118 Å². The molecule has 0 saturated carbocycles. The number of nitrogens with zero attached hydrogens (tertiary/aromatic N) is 1. The molecule has 1 aromatic carbocycles. The van der Waals surface area contributed by atoms with E-state index in [0.717, 1.165) is 33.8 Å². The molecule has 1 atom stereocenters. The first-order valence-electron chi connectivity index (χ1n) is 6.24. The molecular formula is C15H18ClN3. The zero-order chi connectivity index (χ0) is 13.8. The van der Waals surface area contributed by atoms with Crippen LogP contribution in [0.5, 0.6) is 0 Å². The summed E-state index contributed by atoms with van der Waals surface area (Å²) >= 11 is 6.26. The predicted octanol–water partition coefficient (Wildman–Crippen LogP) is 3.10. The van der Waals surface area contributed by atoms with E-state index in [1.807, 2.05) is 44.3 Å². The Hall–Kier alpha value is -1.42. The number of benzene rings is 1. The molecule has 19 heavy (non-hydrogen) atoms. The number of halogens is 1. The van der Waals surface area contributed by atoms with Gasteiger partial charge in [-0.1, -0.05) is 29.8 Å². The van der Waals surface area contributed by atoms with Gasteiger partial charge in [-0.05, 0) is 49.1 Å². The Balaban J connectivity index is 2.21. The summed E-state index contributed by atoms with van der Waals surface area (Å²) in [6, 6.07) is 10.1. The highest BCUT2D eigenvalue weighted by Gasteiger charge is 2.12. The molecule has 0 bridgehead atoms. The third-order valence-corrected chi connectivity index (χ3v) is 3.52. The molecule has 0 saturated heterocycles. The van der Waals surface area contributed by atoms with E-state index in [2.05, 4.69) is 16.5 Å². The second kappa shape index (κ2) is 6.15. The summed E-state index contributed by atoms with van der Waals surface area (Å²) in [5.74, 6) is 5.65. The Kier molecular flexibility index (Phi) is 4.53. The molecule has 0 amide bonds. The van der Waals surface area contributed by atoms with Gasteiger partial charge in [0, 0.05) is 16.9 Å². The average molecular weight is 276 g/mol. The Bertz CT molecular complexity index is 552. The summed E-state index contributed by atoms with van der Waals surface area (Å²) in [7, 11) is 0. The first-order valence-corrected chi connectivity index (χ1v) is 6.61. The Morgan fingerprint density at radius 1 is 1.26 bits per heavy atom. The van der Waals surface area contributed by atoms with E-state index < -0.39 is 0 Å². The van der Waals surface area contributed by atoms with Crippen LogP contribution in [0.1, 0.15) is 28.4 Å². The summed E-state index contributed by atoms with van der Waals surface area (Å²) in [4.78, 5) is 4.30. The average Bonchev–Trinajstić information content (AvgIpc) is 2.39. The summed E-state index contributed by atoms with van der Waals surface area (Å²) in [5, 5.41) is 0.778. The van der Waals surface area contributed by atoms with Crippen molar-refractivity contribution >= 4 is 11.6 Å². The monoisotopic (exact) mass is 275 g/mol. The fraction of sp³-hybridized carbons (Fsp3) is 0.267. The van der Waals surface area contributed by atoms with Crippen LogP contribution < -0.4 is 11.3 Å². The highest BCUT2D eigenvalue weighted by Crippen LogP contribution is 2.24. The number of nitrogens with two attached hydrogens (primary N) is 1. The molecule has 4 heteroatoms. The fourth-order valence-electron chi connectivity index (χ4n) is 2.00. The van der Waals surface area contributed by atoms with E-state index in [4.69, 9.17) is 17.4 Å². The number of hydrazine groups is 1. The second-order valence-electron chi connectivity index (χ2n) is 4.75. The lowest BCUT2D eigenvalue weighted by Crippen LogP contribution is -2.29. The maximum Gasteiger partial charge on any atom is 0.0516 e. The van der Waals surface area contributed by atoms with Crippen molar-refractivity contribution in [1.29, 1.82) is 0 Å². The Morgan fingerprint density at radius 3 is 2.63 bits per heavy atom. The quantitative estimate of drug-likeness (QED) is 0.666. The lowest BCUT2D eigenvalue weighted by molar-refractivity contribution is 0.550.